The molecule has 0 spiro atoms. The summed E-state index contributed by atoms with van der Waals surface area (Å²) in [7, 11) is -3.49. The van der Waals surface area contributed by atoms with Crippen molar-refractivity contribution in [2.45, 2.75) is 38.1 Å². The van der Waals surface area contributed by atoms with Crippen molar-refractivity contribution >= 4 is 21.4 Å². The van der Waals surface area contributed by atoms with Crippen molar-refractivity contribution in [2.75, 3.05) is 6.61 Å². The Kier molecular flexibility index (Phi) is 4.49. The largest absolute Gasteiger partial charge is 0.395 e. The maximum atomic E-state index is 12.0. The lowest BCUT2D eigenvalue weighted by Crippen LogP contribution is -2.36. The van der Waals surface area contributed by atoms with Crippen LogP contribution < -0.4 is 4.72 Å². The van der Waals surface area contributed by atoms with Crippen molar-refractivity contribution in [3.63, 3.8) is 0 Å². The van der Waals surface area contributed by atoms with Gasteiger partial charge in [0.25, 0.3) is 0 Å². The van der Waals surface area contributed by atoms with Gasteiger partial charge in [0.05, 0.1) is 11.5 Å². The molecular formula is C10H17NO3S2. The molecule has 6 heteroatoms. The Morgan fingerprint density at radius 1 is 1.50 bits per heavy atom. The number of thiophene rings is 1. The highest BCUT2D eigenvalue weighted by Gasteiger charge is 2.21. The van der Waals surface area contributed by atoms with E-state index >= 15 is 0 Å². The molecule has 0 fully saturated rings. The van der Waals surface area contributed by atoms with Crippen molar-refractivity contribution in [2.24, 2.45) is 0 Å². The minimum atomic E-state index is -3.49. The third-order valence-corrected chi connectivity index (χ3v) is 5.06. The summed E-state index contributed by atoms with van der Waals surface area (Å²) in [6.45, 7) is 5.30. The van der Waals surface area contributed by atoms with Crippen LogP contribution in [-0.2, 0) is 10.0 Å². The zero-order valence-corrected chi connectivity index (χ0v) is 11.3. The number of nitrogens with one attached hydrogen (secondary N) is 1. The summed E-state index contributed by atoms with van der Waals surface area (Å²) in [6, 6.07) is 1.25. The number of sulfonamides is 1. The van der Waals surface area contributed by atoms with Gasteiger partial charge in [-0.3, -0.25) is 0 Å². The molecule has 16 heavy (non-hydrogen) atoms. The first-order valence-electron chi connectivity index (χ1n) is 5.11. The van der Waals surface area contributed by atoms with E-state index in [1.54, 1.807) is 13.0 Å². The molecule has 1 aromatic rings. The van der Waals surface area contributed by atoms with E-state index in [0.29, 0.717) is 11.3 Å². The van der Waals surface area contributed by atoms with Crippen molar-refractivity contribution in [3.05, 3.63) is 15.8 Å². The fourth-order valence-electron chi connectivity index (χ4n) is 1.41. The van der Waals surface area contributed by atoms with Gasteiger partial charge in [0.1, 0.15) is 0 Å². The number of aryl methyl sites for hydroxylation is 2. The number of aliphatic hydroxyl groups is 1. The third kappa shape index (κ3) is 3.04. The molecule has 0 aliphatic carbocycles. The Morgan fingerprint density at radius 3 is 2.50 bits per heavy atom. The average molecular weight is 263 g/mol. The normalized spacial score (nSPS) is 14.0. The SMILES string of the molecule is CCC(CO)NS(=O)(=O)c1cc(C)sc1C. The summed E-state index contributed by atoms with van der Waals surface area (Å²) < 4.78 is 26.4. The fourth-order valence-corrected chi connectivity index (χ4v) is 4.27. The van der Waals surface area contributed by atoms with Crippen molar-refractivity contribution in [1.82, 2.24) is 4.72 Å². The van der Waals surface area contributed by atoms with Gasteiger partial charge in [-0.25, -0.2) is 13.1 Å². The lowest BCUT2D eigenvalue weighted by atomic mass is 10.3. The Labute approximate surface area is 100 Å². The van der Waals surface area contributed by atoms with Gasteiger partial charge in [-0.1, -0.05) is 6.92 Å². The lowest BCUT2D eigenvalue weighted by Gasteiger charge is -2.13. The van der Waals surface area contributed by atoms with Crippen molar-refractivity contribution < 1.29 is 13.5 Å². The highest BCUT2D eigenvalue weighted by Crippen LogP contribution is 2.24. The molecule has 0 saturated carbocycles. The first-order chi connectivity index (χ1) is 7.40. The standard InChI is InChI=1S/C10H17NO3S2/c1-4-9(6-12)11-16(13,14)10-5-7(2)15-8(10)3/h5,9,11-12H,4,6H2,1-3H3. The average Bonchev–Trinajstić information content (AvgIpc) is 2.55. The molecule has 1 atom stereocenters. The molecule has 92 valence electrons. The van der Waals surface area contributed by atoms with E-state index < -0.39 is 16.1 Å². The first-order valence-corrected chi connectivity index (χ1v) is 7.41. The van der Waals surface area contributed by atoms with Crippen LogP contribution in [0.1, 0.15) is 23.1 Å². The third-order valence-electron chi connectivity index (χ3n) is 2.32. The number of hydrogen-bond donors (Lipinski definition) is 2. The van der Waals surface area contributed by atoms with Crippen LogP contribution in [0.4, 0.5) is 0 Å². The Balaban J connectivity index is 2.98. The minimum Gasteiger partial charge on any atom is -0.395 e. The van der Waals surface area contributed by atoms with Gasteiger partial charge in [-0.2, -0.15) is 0 Å². The first kappa shape index (κ1) is 13.6. The van der Waals surface area contributed by atoms with Crippen LogP contribution in [0, 0.1) is 13.8 Å². The van der Waals surface area contributed by atoms with Crippen LogP contribution in [0.2, 0.25) is 0 Å². The van der Waals surface area contributed by atoms with Gasteiger partial charge in [0.2, 0.25) is 10.0 Å². The highest BCUT2D eigenvalue weighted by atomic mass is 32.2. The summed E-state index contributed by atoms with van der Waals surface area (Å²) in [4.78, 5) is 2.06. The molecule has 0 aliphatic rings. The second-order valence-electron chi connectivity index (χ2n) is 3.69. The molecule has 2 N–H and O–H groups in total. The van der Waals surface area contributed by atoms with E-state index in [1.807, 2.05) is 13.8 Å². The van der Waals surface area contributed by atoms with E-state index in [0.717, 1.165) is 9.75 Å². The molecule has 0 saturated heterocycles. The van der Waals surface area contributed by atoms with E-state index in [1.165, 1.54) is 11.3 Å². The second kappa shape index (κ2) is 5.27. The zero-order valence-electron chi connectivity index (χ0n) is 9.65. The maximum absolute atomic E-state index is 12.0. The summed E-state index contributed by atoms with van der Waals surface area (Å²) in [5.41, 5.74) is 0. The van der Waals surface area contributed by atoms with Crippen LogP contribution in [0.3, 0.4) is 0 Å². The maximum Gasteiger partial charge on any atom is 0.242 e. The fraction of sp³-hybridized carbons (Fsp3) is 0.600. The van der Waals surface area contributed by atoms with Gasteiger partial charge in [-0.15, -0.1) is 11.3 Å². The molecule has 4 nitrogen and oxygen atoms in total. The Hall–Kier alpha value is -0.430. The molecule has 1 rings (SSSR count). The zero-order chi connectivity index (χ0) is 12.3. The van der Waals surface area contributed by atoms with E-state index in [4.69, 9.17) is 5.11 Å². The molecular weight excluding hydrogens is 246 g/mol. The number of aliphatic hydroxyl groups excluding tert-OH is 1. The molecule has 0 aromatic carbocycles. The van der Waals surface area contributed by atoms with Gasteiger partial charge in [0, 0.05) is 15.8 Å². The monoisotopic (exact) mass is 263 g/mol. The molecule has 1 aromatic heterocycles. The van der Waals surface area contributed by atoms with E-state index in [9.17, 15) is 8.42 Å². The second-order valence-corrected chi connectivity index (χ2v) is 6.83. The molecule has 1 unspecified atom stereocenters. The van der Waals surface area contributed by atoms with Gasteiger partial charge in [-0.05, 0) is 26.3 Å². The lowest BCUT2D eigenvalue weighted by molar-refractivity contribution is 0.254. The smallest absolute Gasteiger partial charge is 0.242 e. The summed E-state index contributed by atoms with van der Waals surface area (Å²) in [6.07, 6.45) is 0.567. The van der Waals surface area contributed by atoms with Crippen LogP contribution in [0.25, 0.3) is 0 Å². The Morgan fingerprint density at radius 2 is 2.12 bits per heavy atom. The summed E-state index contributed by atoms with van der Waals surface area (Å²) >= 11 is 1.46. The topological polar surface area (TPSA) is 66.4 Å². The van der Waals surface area contributed by atoms with Gasteiger partial charge >= 0.3 is 0 Å². The van der Waals surface area contributed by atoms with Crippen LogP contribution in [0.15, 0.2) is 11.0 Å². The summed E-state index contributed by atoms with van der Waals surface area (Å²) in [5, 5.41) is 8.99. The van der Waals surface area contributed by atoms with Crippen LogP contribution >= 0.6 is 11.3 Å². The van der Waals surface area contributed by atoms with Crippen molar-refractivity contribution in [1.29, 1.82) is 0 Å². The van der Waals surface area contributed by atoms with Gasteiger partial charge < -0.3 is 5.11 Å². The number of hydrogen-bond acceptors (Lipinski definition) is 4. The van der Waals surface area contributed by atoms with Crippen LogP contribution in [-0.4, -0.2) is 26.2 Å². The predicted octanol–water partition coefficient (Wildman–Crippen LogP) is 1.41. The van der Waals surface area contributed by atoms with E-state index in [-0.39, 0.29) is 6.61 Å². The van der Waals surface area contributed by atoms with Gasteiger partial charge in [0.15, 0.2) is 0 Å². The minimum absolute atomic E-state index is 0.183. The quantitative estimate of drug-likeness (QED) is 0.844. The summed E-state index contributed by atoms with van der Waals surface area (Å²) in [5.74, 6) is 0. The Bertz CT molecular complexity index is 447. The van der Waals surface area contributed by atoms with E-state index in [2.05, 4.69) is 4.72 Å². The molecule has 1 heterocycles. The van der Waals surface area contributed by atoms with Crippen LogP contribution in [0.5, 0.6) is 0 Å². The molecule has 0 bridgehead atoms. The highest BCUT2D eigenvalue weighted by molar-refractivity contribution is 7.89. The molecule has 0 amide bonds. The van der Waals surface area contributed by atoms with Crippen molar-refractivity contribution in [3.8, 4) is 0 Å². The molecule has 0 aliphatic heterocycles. The number of rotatable bonds is 5. The predicted molar refractivity (Wildman–Crippen MR) is 65.3 cm³/mol. The molecule has 0 radical (unpaired) electrons.